The molecule has 1 heterocycles. The van der Waals surface area contributed by atoms with Gasteiger partial charge in [-0.1, -0.05) is 11.6 Å². The first-order valence-electron chi connectivity index (χ1n) is 2.17. The maximum Gasteiger partial charge on any atom is 0.354 e. The number of hydrogen-bond acceptors (Lipinski definition) is 4. The fourth-order valence-electron chi connectivity index (χ4n) is 0.443. The summed E-state index contributed by atoms with van der Waals surface area (Å²) in [6.07, 6.45) is -1.36. The fraction of sp³-hybridized carbons (Fsp3) is 0.250. The molecule has 0 saturated heterocycles. The Morgan fingerprint density at radius 3 is 2.44 bits per heavy atom. The van der Waals surface area contributed by atoms with Crippen LogP contribution in [0.4, 0.5) is 0 Å². The minimum absolute atomic E-state index is 0.123. The summed E-state index contributed by atoms with van der Waals surface area (Å²) in [5.41, 5.74) is 4.94. The third-order valence-electron chi connectivity index (χ3n) is 0.917. The molecule has 5 heteroatoms. The van der Waals surface area contributed by atoms with Crippen molar-refractivity contribution in [3.63, 3.8) is 0 Å². The Bertz CT molecular complexity index is 188. The average molecular weight is 150 g/mol. The van der Waals surface area contributed by atoms with Gasteiger partial charge in [-0.15, -0.1) is 0 Å². The molecule has 0 aromatic carbocycles. The van der Waals surface area contributed by atoms with E-state index in [1.54, 1.807) is 0 Å². The maximum absolute atomic E-state index is 10.3. The van der Waals surface area contributed by atoms with Gasteiger partial charge in [-0.2, -0.15) is 0 Å². The van der Waals surface area contributed by atoms with Crippen molar-refractivity contribution in [2.24, 2.45) is 5.73 Å². The summed E-state index contributed by atoms with van der Waals surface area (Å²) in [7, 11) is 0. The van der Waals surface area contributed by atoms with Gasteiger partial charge >= 0.3 is 5.97 Å². The zero-order valence-electron chi connectivity index (χ0n) is 4.30. The van der Waals surface area contributed by atoms with Gasteiger partial charge in [0.2, 0.25) is 6.29 Å². The summed E-state index contributed by atoms with van der Waals surface area (Å²) < 4.78 is 4.17. The van der Waals surface area contributed by atoms with Crippen molar-refractivity contribution >= 4 is 17.6 Å². The Morgan fingerprint density at radius 2 is 2.33 bits per heavy atom. The summed E-state index contributed by atoms with van der Waals surface area (Å²) in [4.78, 5) is 10.3. The van der Waals surface area contributed by atoms with Gasteiger partial charge in [-0.25, -0.2) is 4.79 Å². The van der Waals surface area contributed by atoms with E-state index >= 15 is 0 Å². The number of carbonyl (C=O) groups is 1. The molecule has 4 nitrogen and oxygen atoms in total. The third-order valence-corrected chi connectivity index (χ3v) is 1.29. The molecular weight excluding hydrogens is 146 g/mol. The van der Waals surface area contributed by atoms with Crippen LogP contribution >= 0.6 is 11.6 Å². The highest BCUT2D eigenvalue weighted by Gasteiger charge is 2.29. The van der Waals surface area contributed by atoms with Gasteiger partial charge < -0.3 is 15.6 Å². The predicted octanol–water partition coefficient (Wildman–Crippen LogP) is -0.729. The Labute approximate surface area is 55.9 Å². The zero-order chi connectivity index (χ0) is 7.02. The molecule has 0 aromatic rings. The number of hydrogen-bond donors (Lipinski definition) is 2. The lowest BCUT2D eigenvalue weighted by Gasteiger charge is -1.99. The van der Waals surface area contributed by atoms with Crippen molar-refractivity contribution in [2.45, 2.75) is 6.29 Å². The molecule has 1 atom stereocenters. The molecule has 0 amide bonds. The predicted molar refractivity (Wildman–Crippen MR) is 29.2 cm³/mol. The first kappa shape index (κ1) is 6.38. The molecule has 1 rings (SSSR count). The van der Waals surface area contributed by atoms with Crippen molar-refractivity contribution in [3.05, 3.63) is 10.7 Å². The molecule has 50 valence electrons. The van der Waals surface area contributed by atoms with E-state index in [4.69, 9.17) is 22.4 Å². The number of nitrogens with two attached hydrogens (primary N) is 1. The number of rotatable bonds is 0. The first-order valence-corrected chi connectivity index (χ1v) is 2.55. The van der Waals surface area contributed by atoms with E-state index in [1.165, 1.54) is 0 Å². The van der Waals surface area contributed by atoms with Crippen LogP contribution in [-0.2, 0) is 9.53 Å². The molecule has 1 unspecified atom stereocenters. The maximum atomic E-state index is 10.3. The fourth-order valence-corrected chi connectivity index (χ4v) is 0.581. The number of aliphatic hydroxyl groups is 1. The molecule has 0 spiro atoms. The standard InChI is InChI=1S/C4H4ClNO3/c5-1-2(6)4(8)9-3(1)7/h4,8H,6H2. The van der Waals surface area contributed by atoms with E-state index in [0.717, 1.165) is 0 Å². The number of cyclic esters (lactones) is 1. The van der Waals surface area contributed by atoms with Crippen molar-refractivity contribution < 1.29 is 14.6 Å². The lowest BCUT2D eigenvalue weighted by Crippen LogP contribution is -2.14. The van der Waals surface area contributed by atoms with Gasteiger partial charge in [0.1, 0.15) is 5.70 Å². The molecule has 1 aliphatic rings. The quantitative estimate of drug-likeness (QED) is 0.446. The largest absolute Gasteiger partial charge is 0.425 e. The normalized spacial score (nSPS) is 26.9. The van der Waals surface area contributed by atoms with E-state index in [2.05, 4.69) is 4.74 Å². The Morgan fingerprint density at radius 1 is 1.78 bits per heavy atom. The molecule has 0 aliphatic carbocycles. The van der Waals surface area contributed by atoms with Gasteiger partial charge in [-0.05, 0) is 0 Å². The molecule has 0 radical (unpaired) electrons. The summed E-state index contributed by atoms with van der Waals surface area (Å²) in [5, 5.41) is 8.39. The third kappa shape index (κ3) is 0.863. The minimum Gasteiger partial charge on any atom is -0.425 e. The van der Waals surface area contributed by atoms with Crippen molar-refractivity contribution in [1.82, 2.24) is 0 Å². The number of halogens is 1. The molecule has 0 aromatic heterocycles. The first-order chi connectivity index (χ1) is 4.13. The number of carbonyl (C=O) groups excluding carboxylic acids is 1. The smallest absolute Gasteiger partial charge is 0.354 e. The van der Waals surface area contributed by atoms with Gasteiger partial charge in [0.15, 0.2) is 5.03 Å². The van der Waals surface area contributed by atoms with Crippen molar-refractivity contribution in [3.8, 4) is 0 Å². The Kier molecular flexibility index (Phi) is 1.34. The summed E-state index contributed by atoms with van der Waals surface area (Å²) in [6.45, 7) is 0. The van der Waals surface area contributed by atoms with Gasteiger partial charge in [-0.3, -0.25) is 0 Å². The SMILES string of the molecule is NC1=C(Cl)C(=O)OC1O. The van der Waals surface area contributed by atoms with Crippen LogP contribution in [0.5, 0.6) is 0 Å². The highest BCUT2D eigenvalue weighted by Crippen LogP contribution is 2.19. The molecule has 3 N–H and O–H groups in total. The van der Waals surface area contributed by atoms with Crippen LogP contribution in [0, 0.1) is 0 Å². The van der Waals surface area contributed by atoms with Gasteiger partial charge in [0, 0.05) is 0 Å². The van der Waals surface area contributed by atoms with E-state index in [9.17, 15) is 4.79 Å². The van der Waals surface area contributed by atoms with Crippen LogP contribution in [0.1, 0.15) is 0 Å². The monoisotopic (exact) mass is 149 g/mol. The highest BCUT2D eigenvalue weighted by atomic mass is 35.5. The van der Waals surface area contributed by atoms with Crippen molar-refractivity contribution in [2.75, 3.05) is 0 Å². The molecule has 9 heavy (non-hydrogen) atoms. The Hall–Kier alpha value is -0.740. The number of esters is 1. The second-order valence-electron chi connectivity index (χ2n) is 1.53. The lowest BCUT2D eigenvalue weighted by atomic mass is 10.4. The van der Waals surface area contributed by atoms with Gasteiger partial charge in [0.25, 0.3) is 0 Å². The highest BCUT2D eigenvalue weighted by molar-refractivity contribution is 6.42. The molecular formula is C4H4ClNO3. The molecule has 0 bridgehead atoms. The number of ether oxygens (including phenoxy) is 1. The topological polar surface area (TPSA) is 72.6 Å². The van der Waals surface area contributed by atoms with Crippen LogP contribution in [0.15, 0.2) is 10.7 Å². The van der Waals surface area contributed by atoms with E-state index in [1.807, 2.05) is 0 Å². The van der Waals surface area contributed by atoms with Crippen molar-refractivity contribution in [1.29, 1.82) is 0 Å². The minimum atomic E-state index is -1.36. The van der Waals surface area contributed by atoms with Crippen LogP contribution in [0.25, 0.3) is 0 Å². The number of aliphatic hydroxyl groups excluding tert-OH is 1. The molecule has 0 fully saturated rings. The van der Waals surface area contributed by atoms with Crippen LogP contribution in [0.3, 0.4) is 0 Å². The van der Waals surface area contributed by atoms with E-state index in [0.29, 0.717) is 0 Å². The van der Waals surface area contributed by atoms with E-state index < -0.39 is 12.3 Å². The second-order valence-corrected chi connectivity index (χ2v) is 1.90. The summed E-state index contributed by atoms with van der Waals surface area (Å²) >= 11 is 5.23. The Balaban J connectivity index is 2.92. The molecule has 0 saturated carbocycles. The second kappa shape index (κ2) is 1.89. The van der Waals surface area contributed by atoms with Gasteiger partial charge in [0.05, 0.1) is 0 Å². The van der Waals surface area contributed by atoms with E-state index in [-0.39, 0.29) is 10.7 Å². The van der Waals surface area contributed by atoms with Crippen LogP contribution in [0.2, 0.25) is 0 Å². The summed E-state index contributed by atoms with van der Waals surface area (Å²) in [6, 6.07) is 0. The van der Waals surface area contributed by atoms with Crippen LogP contribution < -0.4 is 5.73 Å². The average Bonchev–Trinajstić information content (AvgIpc) is 1.98. The zero-order valence-corrected chi connectivity index (χ0v) is 5.05. The van der Waals surface area contributed by atoms with Crippen LogP contribution in [-0.4, -0.2) is 17.4 Å². The lowest BCUT2D eigenvalue weighted by molar-refractivity contribution is -0.151. The molecule has 1 aliphatic heterocycles. The summed E-state index contributed by atoms with van der Waals surface area (Å²) in [5.74, 6) is -0.776.